The molecular weight excluding hydrogens is 672 g/mol. The maximum atomic E-state index is 13.7. The summed E-state index contributed by atoms with van der Waals surface area (Å²) in [5.41, 5.74) is 6.34. The molecule has 5 heterocycles. The van der Waals surface area contributed by atoms with Gasteiger partial charge in [0.25, 0.3) is 5.91 Å². The minimum absolute atomic E-state index is 0.0310. The number of H-pyrrole nitrogens is 2. The highest BCUT2D eigenvalue weighted by Gasteiger charge is 2.39. The molecule has 3 aliphatic rings. The van der Waals surface area contributed by atoms with Crippen molar-refractivity contribution in [3.05, 3.63) is 108 Å². The molecule has 4 atom stereocenters. The van der Waals surface area contributed by atoms with E-state index in [2.05, 4.69) is 67.0 Å². The summed E-state index contributed by atoms with van der Waals surface area (Å²) in [6.45, 7) is 1.17. The van der Waals surface area contributed by atoms with Gasteiger partial charge in [-0.05, 0) is 59.9 Å². The van der Waals surface area contributed by atoms with Gasteiger partial charge in [0, 0.05) is 19.5 Å². The number of amides is 4. The number of benzene rings is 3. The number of nitrogens with zero attached hydrogens (tertiary/aromatic N) is 4. The summed E-state index contributed by atoms with van der Waals surface area (Å²) in [5.74, 6) is 1.03. The zero-order chi connectivity index (χ0) is 36.5. The van der Waals surface area contributed by atoms with Crippen molar-refractivity contribution in [1.29, 1.82) is 0 Å². The zero-order valence-corrected chi connectivity index (χ0v) is 29.0. The molecule has 0 spiro atoms. The van der Waals surface area contributed by atoms with Crippen molar-refractivity contribution in [2.75, 3.05) is 13.1 Å². The molecule has 13 heteroatoms. The van der Waals surface area contributed by atoms with E-state index in [1.807, 2.05) is 29.3 Å². The standard InChI is InChI=1S/C40H40N8O5/c49-34-19-18-29(43-34)38(50)47-20-4-8-32(47)36-41-22-30(44-36)26-14-10-24(11-15-26)25-12-16-27(17-13-25)31-23-42-37(45-31)33-9-5-21-48(33)39(51)35(46-40(52)53)28-6-2-1-3-7-28/h1-3,6-7,10-17,22-23,29,32-33,35,46H,4-5,8-9,18-21H2,(H,41,44)(H,42,45)(H,43,49)(H,52,53)/t29-,32+,33+,35-/m1/s1. The lowest BCUT2D eigenvalue weighted by atomic mass is 10.0. The first-order valence-electron chi connectivity index (χ1n) is 18.1. The number of hydrogen-bond acceptors (Lipinski definition) is 6. The minimum Gasteiger partial charge on any atom is -0.465 e. The third-order valence-electron chi connectivity index (χ3n) is 10.6. The summed E-state index contributed by atoms with van der Waals surface area (Å²) >= 11 is 0. The Morgan fingerprint density at radius 3 is 1.77 bits per heavy atom. The number of hydrogen-bond donors (Lipinski definition) is 5. The van der Waals surface area contributed by atoms with Crippen molar-refractivity contribution >= 4 is 23.8 Å². The van der Waals surface area contributed by atoms with E-state index < -0.39 is 18.2 Å². The highest BCUT2D eigenvalue weighted by molar-refractivity contribution is 5.91. The van der Waals surface area contributed by atoms with Crippen LogP contribution in [-0.4, -0.2) is 77.8 Å². The largest absolute Gasteiger partial charge is 0.465 e. The van der Waals surface area contributed by atoms with Crippen LogP contribution in [0.25, 0.3) is 33.6 Å². The van der Waals surface area contributed by atoms with E-state index in [1.54, 1.807) is 35.4 Å². The van der Waals surface area contributed by atoms with Crippen LogP contribution in [0.4, 0.5) is 4.79 Å². The van der Waals surface area contributed by atoms with E-state index in [-0.39, 0.29) is 29.8 Å². The molecule has 4 amide bonds. The molecule has 3 fully saturated rings. The van der Waals surface area contributed by atoms with Crippen LogP contribution in [0.2, 0.25) is 0 Å². The Morgan fingerprint density at radius 2 is 1.25 bits per heavy atom. The fourth-order valence-corrected chi connectivity index (χ4v) is 7.84. The first-order chi connectivity index (χ1) is 25.8. The number of likely N-dealkylation sites (tertiary alicyclic amines) is 2. The van der Waals surface area contributed by atoms with Gasteiger partial charge < -0.3 is 35.5 Å². The van der Waals surface area contributed by atoms with Crippen LogP contribution in [0.5, 0.6) is 0 Å². The Labute approximate surface area is 305 Å². The molecule has 3 saturated heterocycles. The molecular formula is C40H40N8O5. The molecule has 3 aliphatic heterocycles. The summed E-state index contributed by atoms with van der Waals surface area (Å²) in [4.78, 5) is 69.8. The Morgan fingerprint density at radius 1 is 0.717 bits per heavy atom. The lowest BCUT2D eigenvalue weighted by Gasteiger charge is -2.28. The van der Waals surface area contributed by atoms with E-state index in [9.17, 15) is 24.3 Å². The third-order valence-corrected chi connectivity index (χ3v) is 10.6. The number of nitrogens with one attached hydrogen (secondary N) is 4. The molecule has 0 aliphatic carbocycles. The van der Waals surface area contributed by atoms with Gasteiger partial charge in [-0.15, -0.1) is 0 Å². The summed E-state index contributed by atoms with van der Waals surface area (Å²) < 4.78 is 0. The first-order valence-corrected chi connectivity index (χ1v) is 18.1. The third kappa shape index (κ3) is 6.89. The molecule has 53 heavy (non-hydrogen) atoms. The van der Waals surface area contributed by atoms with Gasteiger partial charge >= 0.3 is 6.09 Å². The van der Waals surface area contributed by atoms with Gasteiger partial charge in [0.1, 0.15) is 23.7 Å². The molecule has 0 saturated carbocycles. The van der Waals surface area contributed by atoms with Gasteiger partial charge in [-0.25, -0.2) is 14.8 Å². The summed E-state index contributed by atoms with van der Waals surface area (Å²) in [6, 6.07) is 23.5. The summed E-state index contributed by atoms with van der Waals surface area (Å²) in [5, 5.41) is 14.7. The quantitative estimate of drug-likeness (QED) is 0.129. The number of carboxylic acid groups (broad SMARTS) is 1. The molecule has 0 radical (unpaired) electrons. The van der Waals surface area contributed by atoms with Gasteiger partial charge in [0.2, 0.25) is 11.8 Å². The zero-order valence-electron chi connectivity index (χ0n) is 29.0. The fraction of sp³-hybridized carbons (Fsp3) is 0.300. The molecule has 13 nitrogen and oxygen atoms in total. The number of carbonyl (C=O) groups is 4. The van der Waals surface area contributed by atoms with Gasteiger partial charge in [-0.1, -0.05) is 78.9 Å². The fourth-order valence-electron chi connectivity index (χ4n) is 7.84. The van der Waals surface area contributed by atoms with Crippen molar-refractivity contribution in [3.8, 4) is 33.6 Å². The molecule has 0 unspecified atom stereocenters. The number of carbonyl (C=O) groups excluding carboxylic acids is 3. The van der Waals surface area contributed by atoms with Crippen molar-refractivity contribution in [2.45, 2.75) is 62.7 Å². The van der Waals surface area contributed by atoms with Crippen LogP contribution < -0.4 is 10.6 Å². The molecule has 5 aromatic rings. The molecule has 5 N–H and O–H groups in total. The average molecular weight is 713 g/mol. The normalized spacial score (nSPS) is 20.4. The number of aromatic amines is 2. The van der Waals surface area contributed by atoms with Crippen LogP contribution in [0.1, 0.15) is 73.9 Å². The lowest BCUT2D eigenvalue weighted by molar-refractivity contribution is -0.135. The van der Waals surface area contributed by atoms with Gasteiger partial charge in [-0.2, -0.15) is 0 Å². The lowest BCUT2D eigenvalue weighted by Crippen LogP contribution is -2.44. The molecule has 2 aromatic heterocycles. The maximum absolute atomic E-state index is 13.7. The van der Waals surface area contributed by atoms with Crippen molar-refractivity contribution in [2.24, 2.45) is 0 Å². The second-order valence-corrected chi connectivity index (χ2v) is 13.9. The van der Waals surface area contributed by atoms with Crippen LogP contribution >= 0.6 is 0 Å². The maximum Gasteiger partial charge on any atom is 0.405 e. The second kappa shape index (κ2) is 14.4. The van der Waals surface area contributed by atoms with E-state index in [0.29, 0.717) is 37.3 Å². The Balaban J connectivity index is 0.926. The Kier molecular flexibility index (Phi) is 9.21. The van der Waals surface area contributed by atoms with Crippen LogP contribution in [0.15, 0.2) is 91.3 Å². The van der Waals surface area contributed by atoms with Crippen molar-refractivity contribution in [1.82, 2.24) is 40.4 Å². The van der Waals surface area contributed by atoms with Crippen molar-refractivity contribution < 1.29 is 24.3 Å². The number of aromatic nitrogens is 4. The van der Waals surface area contributed by atoms with Crippen LogP contribution in [0.3, 0.4) is 0 Å². The van der Waals surface area contributed by atoms with Crippen molar-refractivity contribution in [3.63, 3.8) is 0 Å². The van der Waals surface area contributed by atoms with E-state index in [0.717, 1.165) is 65.1 Å². The number of rotatable bonds is 9. The van der Waals surface area contributed by atoms with Crippen LogP contribution in [0, 0.1) is 0 Å². The highest BCUT2D eigenvalue weighted by atomic mass is 16.4. The minimum atomic E-state index is -1.26. The highest BCUT2D eigenvalue weighted by Crippen LogP contribution is 2.36. The Bertz CT molecular complexity index is 2130. The monoisotopic (exact) mass is 712 g/mol. The van der Waals surface area contributed by atoms with E-state index in [1.165, 1.54) is 0 Å². The van der Waals surface area contributed by atoms with E-state index in [4.69, 9.17) is 0 Å². The molecule has 8 rings (SSSR count). The van der Waals surface area contributed by atoms with Gasteiger partial charge in [-0.3, -0.25) is 14.4 Å². The topological polar surface area (TPSA) is 176 Å². The first kappa shape index (κ1) is 33.9. The van der Waals surface area contributed by atoms with Gasteiger partial charge in [0.15, 0.2) is 0 Å². The Hall–Kier alpha value is -6.24. The van der Waals surface area contributed by atoms with Gasteiger partial charge in [0.05, 0.1) is 35.9 Å². The molecule has 0 bridgehead atoms. The molecule has 270 valence electrons. The summed E-state index contributed by atoms with van der Waals surface area (Å²) in [6.07, 6.45) is 6.50. The molecule has 3 aromatic carbocycles. The number of imidazole rings is 2. The smallest absolute Gasteiger partial charge is 0.405 e. The van der Waals surface area contributed by atoms with E-state index >= 15 is 0 Å². The predicted molar refractivity (Wildman–Crippen MR) is 196 cm³/mol. The SMILES string of the molecule is O=C(O)N[C@@H](C(=O)N1CCC[C@H]1c1ncc(-c2ccc(-c3ccc(-c4cnc([C@@H]5CCCN5C(=O)[C@H]5CCC(=O)N5)[nH]4)cc3)cc2)[nH]1)c1ccccc1. The summed E-state index contributed by atoms with van der Waals surface area (Å²) in [7, 11) is 0. The second-order valence-electron chi connectivity index (χ2n) is 13.9. The predicted octanol–water partition coefficient (Wildman–Crippen LogP) is 5.75. The van der Waals surface area contributed by atoms with Crippen LogP contribution in [-0.2, 0) is 14.4 Å². The average Bonchev–Trinajstić information content (AvgIpc) is 4.03.